The molecule has 198 valence electrons. The number of carbonyl (C=O) groups excluding carboxylic acids is 2. The minimum absolute atomic E-state index is 0.159. The number of hydrogen-bond acceptors (Lipinski definition) is 6. The van der Waals surface area contributed by atoms with E-state index in [4.69, 9.17) is 0 Å². The molecule has 6 aromatic carbocycles. The predicted octanol–water partition coefficient (Wildman–Crippen LogP) is 7.90. The Morgan fingerprint density at radius 2 is 1.00 bits per heavy atom. The van der Waals surface area contributed by atoms with Gasteiger partial charge in [-0.05, 0) is 74.5 Å². The molecule has 0 radical (unpaired) electrons. The predicted molar refractivity (Wildman–Crippen MR) is 158 cm³/mol. The number of carbonyl (C=O) groups is 2. The topological polar surface area (TPSA) is 120 Å². The summed E-state index contributed by atoms with van der Waals surface area (Å²) in [5, 5.41) is 26.1. The summed E-state index contributed by atoms with van der Waals surface area (Å²) in [4.78, 5) is 49.1. The molecule has 0 unspecified atom stereocenters. The molecule has 0 aromatic heterocycles. The molecule has 0 atom stereocenters. The molecule has 0 spiro atoms. The van der Waals surface area contributed by atoms with Gasteiger partial charge >= 0.3 is 0 Å². The Bertz CT molecular complexity index is 2300. The van der Waals surface area contributed by atoms with Crippen molar-refractivity contribution in [2.24, 2.45) is 0 Å². The Kier molecular flexibility index (Phi) is 4.68. The first-order valence-electron chi connectivity index (χ1n) is 13.1. The number of nitro groups is 2. The third kappa shape index (κ3) is 3.17. The summed E-state index contributed by atoms with van der Waals surface area (Å²) in [7, 11) is 0. The van der Waals surface area contributed by atoms with Crippen molar-refractivity contribution in [2.45, 2.75) is 0 Å². The standard InChI is InChI=1S/C34H16N2O6/c37-33-25-6-2-1-5-23(25)27-14-19(11-20-12-22(36(41)42)16-30(33)32(20)27)18-10-17-4-3-7-26-31(17)28(13-18)24-9-8-21(35(39)40)15-29(24)34(26)38/h1-16H. The van der Waals surface area contributed by atoms with Crippen LogP contribution in [0.1, 0.15) is 31.8 Å². The van der Waals surface area contributed by atoms with Crippen molar-refractivity contribution in [2.75, 3.05) is 0 Å². The summed E-state index contributed by atoms with van der Waals surface area (Å²) < 4.78 is 0. The maximum absolute atomic E-state index is 13.4. The number of ketones is 2. The Hall–Kier alpha value is -6.02. The van der Waals surface area contributed by atoms with E-state index in [1.165, 1.54) is 24.3 Å². The molecular formula is C34H16N2O6. The minimum atomic E-state index is -0.517. The van der Waals surface area contributed by atoms with Crippen LogP contribution in [0.15, 0.2) is 97.1 Å². The van der Waals surface area contributed by atoms with Crippen LogP contribution >= 0.6 is 0 Å². The molecule has 2 aliphatic carbocycles. The lowest BCUT2D eigenvalue weighted by Crippen LogP contribution is -2.11. The quantitative estimate of drug-likeness (QED) is 0.163. The first kappa shape index (κ1) is 23.8. The SMILES string of the molecule is O=C1c2cc([N+](=O)[O-])ccc2-c2cc(-c3cc4c5c(cc([N+](=O)[O-])cc5c3)C(=O)c3ccccc3-4)cc3cccc1c23. The van der Waals surface area contributed by atoms with Gasteiger partial charge in [-0.3, -0.25) is 29.8 Å². The molecule has 0 heterocycles. The molecule has 6 aromatic rings. The van der Waals surface area contributed by atoms with Gasteiger partial charge in [0.25, 0.3) is 11.4 Å². The number of fused-ring (bicyclic) bond motifs is 4. The van der Waals surface area contributed by atoms with Gasteiger partial charge in [0.1, 0.15) is 0 Å². The van der Waals surface area contributed by atoms with Gasteiger partial charge in [0.15, 0.2) is 11.6 Å². The van der Waals surface area contributed by atoms with Crippen LogP contribution in [0, 0.1) is 20.2 Å². The van der Waals surface area contributed by atoms with Gasteiger partial charge in [-0.1, -0.05) is 42.5 Å². The monoisotopic (exact) mass is 548 g/mol. The second-order valence-corrected chi connectivity index (χ2v) is 10.5. The molecular weight excluding hydrogens is 532 g/mol. The van der Waals surface area contributed by atoms with Crippen molar-refractivity contribution in [1.82, 2.24) is 0 Å². The van der Waals surface area contributed by atoms with Crippen molar-refractivity contribution in [3.8, 4) is 33.4 Å². The van der Waals surface area contributed by atoms with E-state index < -0.39 is 9.85 Å². The summed E-state index contributed by atoms with van der Waals surface area (Å²) in [5.74, 6) is -0.520. The summed E-state index contributed by atoms with van der Waals surface area (Å²) >= 11 is 0. The largest absolute Gasteiger partial charge is 0.289 e. The average molecular weight is 549 g/mol. The zero-order valence-corrected chi connectivity index (χ0v) is 21.6. The molecule has 8 nitrogen and oxygen atoms in total. The Balaban J connectivity index is 1.44. The number of nitrogens with zero attached hydrogens (tertiary/aromatic N) is 2. The van der Waals surface area contributed by atoms with E-state index in [0.29, 0.717) is 33.0 Å². The lowest BCUT2D eigenvalue weighted by atomic mass is 9.79. The molecule has 0 bridgehead atoms. The van der Waals surface area contributed by atoms with Crippen molar-refractivity contribution >= 4 is 44.5 Å². The van der Waals surface area contributed by atoms with E-state index >= 15 is 0 Å². The van der Waals surface area contributed by atoms with Crippen molar-refractivity contribution in [1.29, 1.82) is 0 Å². The van der Waals surface area contributed by atoms with Gasteiger partial charge < -0.3 is 0 Å². The molecule has 0 amide bonds. The van der Waals surface area contributed by atoms with E-state index in [-0.39, 0.29) is 28.5 Å². The van der Waals surface area contributed by atoms with Crippen molar-refractivity contribution < 1.29 is 19.4 Å². The van der Waals surface area contributed by atoms with Gasteiger partial charge in [0.05, 0.1) is 9.85 Å². The van der Waals surface area contributed by atoms with E-state index in [2.05, 4.69) is 0 Å². The summed E-state index contributed by atoms with van der Waals surface area (Å²) in [6.07, 6.45) is 0. The van der Waals surface area contributed by atoms with Crippen LogP contribution in [0.5, 0.6) is 0 Å². The maximum Gasteiger partial charge on any atom is 0.270 e. The highest BCUT2D eigenvalue weighted by molar-refractivity contribution is 6.28. The summed E-state index contributed by atoms with van der Waals surface area (Å²) in [6.45, 7) is 0. The zero-order valence-electron chi connectivity index (χ0n) is 21.6. The van der Waals surface area contributed by atoms with Crippen LogP contribution in [0.25, 0.3) is 54.9 Å². The Labute approximate surface area is 236 Å². The highest BCUT2D eigenvalue weighted by atomic mass is 16.6. The second kappa shape index (κ2) is 8.25. The van der Waals surface area contributed by atoms with Gasteiger partial charge in [0, 0.05) is 57.3 Å². The van der Waals surface area contributed by atoms with E-state index in [1.54, 1.807) is 30.3 Å². The fourth-order valence-electron chi connectivity index (χ4n) is 6.43. The van der Waals surface area contributed by atoms with Crippen molar-refractivity contribution in [3.63, 3.8) is 0 Å². The van der Waals surface area contributed by atoms with Gasteiger partial charge in [0.2, 0.25) is 0 Å². The zero-order chi connectivity index (χ0) is 28.9. The molecule has 2 aliphatic rings. The van der Waals surface area contributed by atoms with Crippen molar-refractivity contribution in [3.05, 3.63) is 140 Å². The molecule has 0 aliphatic heterocycles. The van der Waals surface area contributed by atoms with Gasteiger partial charge in [-0.15, -0.1) is 0 Å². The third-order valence-corrected chi connectivity index (χ3v) is 8.25. The van der Waals surface area contributed by atoms with Crippen LogP contribution in [-0.4, -0.2) is 21.4 Å². The number of benzene rings is 6. The lowest BCUT2D eigenvalue weighted by molar-refractivity contribution is -0.385. The average Bonchev–Trinajstić information content (AvgIpc) is 3.01. The molecule has 0 saturated carbocycles. The first-order valence-corrected chi connectivity index (χ1v) is 13.1. The smallest absolute Gasteiger partial charge is 0.270 e. The molecule has 8 rings (SSSR count). The molecule has 0 fully saturated rings. The van der Waals surface area contributed by atoms with E-state index in [9.17, 15) is 29.8 Å². The Morgan fingerprint density at radius 1 is 0.429 bits per heavy atom. The number of hydrogen-bond donors (Lipinski definition) is 0. The van der Waals surface area contributed by atoms with Crippen LogP contribution < -0.4 is 0 Å². The van der Waals surface area contributed by atoms with Gasteiger partial charge in [-0.2, -0.15) is 0 Å². The summed E-state index contributed by atoms with van der Waals surface area (Å²) in [5.41, 5.74) is 5.70. The van der Waals surface area contributed by atoms with Crippen LogP contribution in [0.4, 0.5) is 11.4 Å². The van der Waals surface area contributed by atoms with E-state index in [0.717, 1.165) is 38.6 Å². The van der Waals surface area contributed by atoms with Crippen LogP contribution in [0.2, 0.25) is 0 Å². The second-order valence-electron chi connectivity index (χ2n) is 10.5. The summed E-state index contributed by atoms with van der Waals surface area (Å²) in [6, 6.07) is 27.6. The number of rotatable bonds is 3. The minimum Gasteiger partial charge on any atom is -0.289 e. The fourth-order valence-corrected chi connectivity index (χ4v) is 6.43. The lowest BCUT2D eigenvalue weighted by Gasteiger charge is -2.23. The van der Waals surface area contributed by atoms with Crippen LogP contribution in [0.3, 0.4) is 0 Å². The third-order valence-electron chi connectivity index (χ3n) is 8.25. The molecule has 0 saturated heterocycles. The maximum atomic E-state index is 13.4. The normalized spacial score (nSPS) is 12.8. The molecule has 8 heteroatoms. The highest BCUT2D eigenvalue weighted by Gasteiger charge is 2.30. The number of nitro benzene ring substituents is 2. The van der Waals surface area contributed by atoms with Gasteiger partial charge in [-0.25, -0.2) is 0 Å². The molecule has 0 N–H and O–H groups in total. The first-order chi connectivity index (χ1) is 20.3. The number of non-ortho nitro benzene ring substituents is 2. The Morgan fingerprint density at radius 3 is 1.71 bits per heavy atom. The highest BCUT2D eigenvalue weighted by Crippen LogP contribution is 2.46. The molecule has 42 heavy (non-hydrogen) atoms. The van der Waals surface area contributed by atoms with E-state index in [1.807, 2.05) is 42.5 Å². The fraction of sp³-hybridized carbons (Fsp3) is 0. The van der Waals surface area contributed by atoms with Crippen LogP contribution in [-0.2, 0) is 0 Å².